The number of aromatic nitrogens is 2. The number of nitrogens with one attached hydrogen (secondary N) is 3. The summed E-state index contributed by atoms with van der Waals surface area (Å²) in [6, 6.07) is 13.6. The molecule has 0 aliphatic carbocycles. The van der Waals surface area contributed by atoms with Crippen molar-refractivity contribution in [2.75, 3.05) is 11.9 Å². The predicted octanol–water partition coefficient (Wildman–Crippen LogP) is 3.24. The average Bonchev–Trinajstić information content (AvgIpc) is 2.97. The summed E-state index contributed by atoms with van der Waals surface area (Å²) in [4.78, 5) is 11.9. The standard InChI is InChI=1S/C17H18N4O/c1-12-4-2-3-5-13(12)8-9-18-17(22)20-15-7-6-14-11-19-21-16(14)10-15/h2-7,10-11H,8-9H2,1H3,(H,19,21)(H2,18,20,22). The zero-order chi connectivity index (χ0) is 15.4. The van der Waals surface area contributed by atoms with Gasteiger partial charge in [0.15, 0.2) is 0 Å². The highest BCUT2D eigenvalue weighted by Gasteiger charge is 2.04. The molecule has 5 heteroatoms. The van der Waals surface area contributed by atoms with Crippen LogP contribution in [0.2, 0.25) is 0 Å². The number of nitrogens with zero attached hydrogens (tertiary/aromatic N) is 1. The lowest BCUT2D eigenvalue weighted by molar-refractivity contribution is 0.252. The van der Waals surface area contributed by atoms with Crippen LogP contribution in [0.25, 0.3) is 10.9 Å². The molecule has 3 N–H and O–H groups in total. The molecular weight excluding hydrogens is 276 g/mol. The van der Waals surface area contributed by atoms with E-state index in [1.54, 1.807) is 6.20 Å². The first kappa shape index (κ1) is 14.1. The summed E-state index contributed by atoms with van der Waals surface area (Å²) in [5, 5.41) is 13.6. The lowest BCUT2D eigenvalue weighted by Gasteiger charge is -2.09. The SMILES string of the molecule is Cc1ccccc1CCNC(=O)Nc1ccc2cn[nH]c2c1. The van der Waals surface area contributed by atoms with Gasteiger partial charge in [0.1, 0.15) is 0 Å². The summed E-state index contributed by atoms with van der Waals surface area (Å²) in [6.45, 7) is 2.68. The van der Waals surface area contributed by atoms with E-state index in [0.29, 0.717) is 6.54 Å². The maximum atomic E-state index is 11.9. The molecule has 0 saturated heterocycles. The van der Waals surface area contributed by atoms with Gasteiger partial charge in [0, 0.05) is 17.6 Å². The van der Waals surface area contributed by atoms with Crippen molar-refractivity contribution in [1.29, 1.82) is 0 Å². The molecule has 3 rings (SSSR count). The number of hydrogen-bond donors (Lipinski definition) is 3. The second-order valence-corrected chi connectivity index (χ2v) is 5.23. The first-order valence-corrected chi connectivity index (χ1v) is 7.25. The third-order valence-electron chi connectivity index (χ3n) is 3.64. The van der Waals surface area contributed by atoms with E-state index in [4.69, 9.17) is 0 Å². The Morgan fingerprint density at radius 2 is 2.09 bits per heavy atom. The van der Waals surface area contributed by atoms with E-state index in [-0.39, 0.29) is 6.03 Å². The number of H-pyrrole nitrogens is 1. The molecule has 22 heavy (non-hydrogen) atoms. The monoisotopic (exact) mass is 294 g/mol. The molecule has 0 fully saturated rings. The van der Waals surface area contributed by atoms with Gasteiger partial charge < -0.3 is 10.6 Å². The molecule has 0 aliphatic heterocycles. The number of benzene rings is 2. The van der Waals surface area contributed by atoms with Gasteiger partial charge in [-0.15, -0.1) is 0 Å². The van der Waals surface area contributed by atoms with Gasteiger partial charge >= 0.3 is 6.03 Å². The molecular formula is C17H18N4O. The van der Waals surface area contributed by atoms with Crippen LogP contribution >= 0.6 is 0 Å². The van der Waals surface area contributed by atoms with Gasteiger partial charge in [-0.25, -0.2) is 4.79 Å². The van der Waals surface area contributed by atoms with Crippen LogP contribution in [0.3, 0.4) is 0 Å². The summed E-state index contributed by atoms with van der Waals surface area (Å²) in [5.74, 6) is 0. The van der Waals surface area contributed by atoms with Crippen molar-refractivity contribution >= 4 is 22.6 Å². The van der Waals surface area contributed by atoms with E-state index >= 15 is 0 Å². The molecule has 0 radical (unpaired) electrons. The Morgan fingerprint density at radius 3 is 2.95 bits per heavy atom. The first-order valence-electron chi connectivity index (χ1n) is 7.25. The lowest BCUT2D eigenvalue weighted by Crippen LogP contribution is -2.30. The van der Waals surface area contributed by atoms with Crippen LogP contribution in [-0.4, -0.2) is 22.8 Å². The van der Waals surface area contributed by atoms with Crippen molar-refractivity contribution in [3.8, 4) is 0 Å². The van der Waals surface area contributed by atoms with E-state index < -0.39 is 0 Å². The van der Waals surface area contributed by atoms with E-state index in [2.05, 4.69) is 39.9 Å². The fourth-order valence-corrected chi connectivity index (χ4v) is 2.39. The number of anilines is 1. The van der Waals surface area contributed by atoms with Crippen molar-refractivity contribution in [1.82, 2.24) is 15.5 Å². The Balaban J connectivity index is 1.53. The smallest absolute Gasteiger partial charge is 0.319 e. The summed E-state index contributed by atoms with van der Waals surface area (Å²) in [5.41, 5.74) is 4.14. The molecule has 0 unspecified atom stereocenters. The van der Waals surface area contributed by atoms with E-state index in [1.807, 2.05) is 30.3 Å². The maximum Gasteiger partial charge on any atom is 0.319 e. The average molecular weight is 294 g/mol. The first-order chi connectivity index (χ1) is 10.7. The third kappa shape index (κ3) is 3.25. The zero-order valence-corrected chi connectivity index (χ0v) is 12.4. The number of urea groups is 1. The molecule has 112 valence electrons. The number of aromatic amines is 1. The minimum Gasteiger partial charge on any atom is -0.338 e. The fraction of sp³-hybridized carbons (Fsp3) is 0.176. The highest BCUT2D eigenvalue weighted by atomic mass is 16.2. The largest absolute Gasteiger partial charge is 0.338 e. The van der Waals surface area contributed by atoms with Gasteiger partial charge in [-0.2, -0.15) is 5.10 Å². The van der Waals surface area contributed by atoms with Crippen LogP contribution < -0.4 is 10.6 Å². The Labute approximate surface area is 128 Å². The topological polar surface area (TPSA) is 69.8 Å². The van der Waals surface area contributed by atoms with Crippen LogP contribution in [0.1, 0.15) is 11.1 Å². The number of carbonyl (C=O) groups excluding carboxylic acids is 1. The number of aryl methyl sites for hydroxylation is 1. The van der Waals surface area contributed by atoms with Gasteiger partial charge in [-0.05, 0) is 42.7 Å². The van der Waals surface area contributed by atoms with Crippen LogP contribution in [0, 0.1) is 6.92 Å². The predicted molar refractivity (Wildman–Crippen MR) is 88.0 cm³/mol. The number of carbonyl (C=O) groups is 1. The number of rotatable bonds is 4. The highest BCUT2D eigenvalue weighted by molar-refractivity contribution is 5.92. The highest BCUT2D eigenvalue weighted by Crippen LogP contribution is 2.16. The molecule has 1 aromatic heterocycles. The molecule has 2 amide bonds. The van der Waals surface area contributed by atoms with Gasteiger partial charge in [0.05, 0.1) is 11.7 Å². The van der Waals surface area contributed by atoms with Crippen molar-refractivity contribution in [3.63, 3.8) is 0 Å². The molecule has 0 spiro atoms. The quantitative estimate of drug-likeness (QED) is 0.691. The van der Waals surface area contributed by atoms with Crippen LogP contribution in [0.4, 0.5) is 10.5 Å². The van der Waals surface area contributed by atoms with Crippen LogP contribution in [0.15, 0.2) is 48.7 Å². The molecule has 0 atom stereocenters. The van der Waals surface area contributed by atoms with Gasteiger partial charge in [0.2, 0.25) is 0 Å². The Hall–Kier alpha value is -2.82. The van der Waals surface area contributed by atoms with E-state index in [9.17, 15) is 4.79 Å². The minimum atomic E-state index is -0.201. The van der Waals surface area contributed by atoms with Gasteiger partial charge in [-0.1, -0.05) is 24.3 Å². The lowest BCUT2D eigenvalue weighted by atomic mass is 10.1. The normalized spacial score (nSPS) is 10.6. The maximum absolute atomic E-state index is 11.9. The summed E-state index contributed by atoms with van der Waals surface area (Å²) in [7, 11) is 0. The Kier molecular flexibility index (Phi) is 4.05. The van der Waals surface area contributed by atoms with Crippen molar-refractivity contribution in [2.24, 2.45) is 0 Å². The number of amides is 2. The van der Waals surface area contributed by atoms with Crippen LogP contribution in [0.5, 0.6) is 0 Å². The van der Waals surface area contributed by atoms with Gasteiger partial charge in [0.25, 0.3) is 0 Å². The summed E-state index contributed by atoms with van der Waals surface area (Å²) < 4.78 is 0. The number of hydrogen-bond acceptors (Lipinski definition) is 2. The van der Waals surface area contributed by atoms with E-state index in [1.165, 1.54) is 11.1 Å². The van der Waals surface area contributed by atoms with Crippen molar-refractivity contribution in [2.45, 2.75) is 13.3 Å². The molecule has 1 heterocycles. The molecule has 3 aromatic rings. The summed E-state index contributed by atoms with van der Waals surface area (Å²) >= 11 is 0. The molecule has 2 aromatic carbocycles. The van der Waals surface area contributed by atoms with E-state index in [0.717, 1.165) is 23.0 Å². The molecule has 0 aliphatic rings. The Morgan fingerprint density at radius 1 is 1.23 bits per heavy atom. The third-order valence-corrected chi connectivity index (χ3v) is 3.64. The van der Waals surface area contributed by atoms with Crippen molar-refractivity contribution < 1.29 is 4.79 Å². The van der Waals surface area contributed by atoms with Gasteiger partial charge in [-0.3, -0.25) is 5.10 Å². The second kappa shape index (κ2) is 6.30. The summed E-state index contributed by atoms with van der Waals surface area (Å²) in [6.07, 6.45) is 2.57. The molecule has 0 saturated carbocycles. The minimum absolute atomic E-state index is 0.201. The van der Waals surface area contributed by atoms with Crippen molar-refractivity contribution in [3.05, 3.63) is 59.8 Å². The Bertz CT molecular complexity index is 794. The fourth-order valence-electron chi connectivity index (χ4n) is 2.39. The van der Waals surface area contributed by atoms with Crippen LogP contribution in [-0.2, 0) is 6.42 Å². The molecule has 0 bridgehead atoms. The zero-order valence-electron chi connectivity index (χ0n) is 12.4. The molecule has 5 nitrogen and oxygen atoms in total. The second-order valence-electron chi connectivity index (χ2n) is 5.23. The number of fused-ring (bicyclic) bond motifs is 1.